The van der Waals surface area contributed by atoms with Crippen molar-refractivity contribution >= 4 is 0 Å². The molecule has 0 bridgehead atoms. The molecule has 1 rings (SSSR count). The Labute approximate surface area is 118 Å². The van der Waals surface area contributed by atoms with Crippen molar-refractivity contribution in [2.75, 3.05) is 13.2 Å². The second-order valence-electron chi connectivity index (χ2n) is 4.42. The van der Waals surface area contributed by atoms with Crippen molar-refractivity contribution in [2.45, 2.75) is 63.7 Å². The summed E-state index contributed by atoms with van der Waals surface area (Å²) in [5, 5.41) is 53.8. The highest BCUT2D eigenvalue weighted by molar-refractivity contribution is 4.98. The smallest absolute Gasteiger partial charge is 0.154 e. The summed E-state index contributed by atoms with van der Waals surface area (Å²) in [4.78, 5) is 0. The van der Waals surface area contributed by atoms with E-state index < -0.39 is 36.6 Å². The second kappa shape index (κ2) is 9.59. The van der Waals surface area contributed by atoms with Crippen molar-refractivity contribution in [3.63, 3.8) is 0 Å². The third kappa shape index (κ3) is 5.58. The zero-order chi connectivity index (χ0) is 15.9. The molecule has 1 fully saturated rings. The van der Waals surface area contributed by atoms with Gasteiger partial charge in [-0.3, -0.25) is 0 Å². The fourth-order valence-electron chi connectivity index (χ4n) is 1.73. The first kappa shape index (κ1) is 19.7. The fraction of sp³-hybridized carbons (Fsp3) is 1.00. The molecule has 0 unspecified atom stereocenters. The maximum absolute atomic E-state index is 8.97. The fourth-order valence-corrected chi connectivity index (χ4v) is 1.73. The van der Waals surface area contributed by atoms with Crippen LogP contribution in [0.2, 0.25) is 0 Å². The molecule has 0 atom stereocenters. The third-order valence-corrected chi connectivity index (χ3v) is 2.90. The number of ether oxygens (including phenoxy) is 2. The normalized spacial score (nSPS) is 37.5. The SMILES string of the molecule is CCOC(C)OCC.OC1C(O)C(O)C(O)C(O)C1O. The minimum Gasteiger partial charge on any atom is -0.387 e. The molecule has 6 N–H and O–H groups in total. The highest BCUT2D eigenvalue weighted by Gasteiger charge is 2.47. The van der Waals surface area contributed by atoms with E-state index in [9.17, 15) is 0 Å². The minimum absolute atomic E-state index is 0.0370. The van der Waals surface area contributed by atoms with Crippen LogP contribution in [0.25, 0.3) is 0 Å². The number of aliphatic hydroxyl groups is 6. The van der Waals surface area contributed by atoms with E-state index in [1.54, 1.807) is 0 Å². The van der Waals surface area contributed by atoms with Crippen LogP contribution in [0.5, 0.6) is 0 Å². The minimum atomic E-state index is -1.64. The molecule has 1 aliphatic carbocycles. The van der Waals surface area contributed by atoms with Gasteiger partial charge < -0.3 is 40.1 Å². The average molecular weight is 298 g/mol. The van der Waals surface area contributed by atoms with Crippen molar-refractivity contribution in [1.82, 2.24) is 0 Å². The van der Waals surface area contributed by atoms with E-state index in [1.165, 1.54) is 0 Å². The Hall–Kier alpha value is -0.320. The number of hydrogen-bond acceptors (Lipinski definition) is 8. The standard InChI is InChI=1S/C6H12O6.C6H14O2/c7-1-2(8)4(10)6(12)5(11)3(1)9;1-4-7-6(3)8-5-2/h1-12H;6H,4-5H2,1-3H3. The molecule has 0 spiro atoms. The van der Waals surface area contributed by atoms with Crippen LogP contribution in [-0.4, -0.2) is 86.8 Å². The highest BCUT2D eigenvalue weighted by atomic mass is 16.7. The summed E-state index contributed by atoms with van der Waals surface area (Å²) < 4.78 is 10.1. The van der Waals surface area contributed by atoms with Crippen molar-refractivity contribution < 1.29 is 40.1 Å². The first-order chi connectivity index (χ1) is 9.27. The molecule has 122 valence electrons. The van der Waals surface area contributed by atoms with E-state index in [0.29, 0.717) is 0 Å². The summed E-state index contributed by atoms with van der Waals surface area (Å²) in [5.41, 5.74) is 0. The maximum Gasteiger partial charge on any atom is 0.154 e. The first-order valence-electron chi connectivity index (χ1n) is 6.59. The molecule has 0 heterocycles. The molecule has 1 saturated carbocycles. The lowest BCUT2D eigenvalue weighted by molar-refractivity contribution is -0.223. The molecule has 0 aliphatic heterocycles. The van der Waals surface area contributed by atoms with Crippen molar-refractivity contribution in [3.8, 4) is 0 Å². The van der Waals surface area contributed by atoms with Gasteiger partial charge in [-0.25, -0.2) is 0 Å². The molecule has 0 radical (unpaired) electrons. The zero-order valence-electron chi connectivity index (χ0n) is 12.0. The topological polar surface area (TPSA) is 140 Å². The Morgan fingerprint density at radius 2 is 0.850 bits per heavy atom. The summed E-state index contributed by atoms with van der Waals surface area (Å²) in [5.74, 6) is 0. The molecule has 0 saturated heterocycles. The summed E-state index contributed by atoms with van der Waals surface area (Å²) >= 11 is 0. The Bertz CT molecular complexity index is 187. The Morgan fingerprint density at radius 1 is 0.650 bits per heavy atom. The van der Waals surface area contributed by atoms with Gasteiger partial charge in [-0.05, 0) is 20.8 Å². The van der Waals surface area contributed by atoms with Crippen molar-refractivity contribution in [3.05, 3.63) is 0 Å². The van der Waals surface area contributed by atoms with Gasteiger partial charge >= 0.3 is 0 Å². The summed E-state index contributed by atoms with van der Waals surface area (Å²) in [6, 6.07) is 0. The van der Waals surface area contributed by atoms with E-state index in [1.807, 2.05) is 20.8 Å². The van der Waals surface area contributed by atoms with Crippen LogP contribution in [0, 0.1) is 0 Å². The van der Waals surface area contributed by atoms with Gasteiger partial charge in [0.05, 0.1) is 0 Å². The molecular weight excluding hydrogens is 272 g/mol. The second-order valence-corrected chi connectivity index (χ2v) is 4.42. The van der Waals surface area contributed by atoms with Gasteiger partial charge in [-0.2, -0.15) is 0 Å². The Balaban J connectivity index is 0.000000396. The molecule has 0 aromatic carbocycles. The molecule has 8 nitrogen and oxygen atoms in total. The zero-order valence-corrected chi connectivity index (χ0v) is 12.0. The van der Waals surface area contributed by atoms with Crippen LogP contribution in [0.4, 0.5) is 0 Å². The van der Waals surface area contributed by atoms with Gasteiger partial charge in [0.2, 0.25) is 0 Å². The quantitative estimate of drug-likeness (QED) is 0.315. The third-order valence-electron chi connectivity index (χ3n) is 2.90. The average Bonchev–Trinajstić information content (AvgIpc) is 2.42. The molecular formula is C12H26O8. The van der Waals surface area contributed by atoms with E-state index in [0.717, 1.165) is 13.2 Å². The van der Waals surface area contributed by atoms with Crippen LogP contribution >= 0.6 is 0 Å². The molecule has 1 aliphatic rings. The first-order valence-corrected chi connectivity index (χ1v) is 6.59. The van der Waals surface area contributed by atoms with Crippen LogP contribution < -0.4 is 0 Å². The van der Waals surface area contributed by atoms with Crippen LogP contribution in [0.3, 0.4) is 0 Å². The van der Waals surface area contributed by atoms with E-state index in [2.05, 4.69) is 0 Å². The van der Waals surface area contributed by atoms with Gasteiger partial charge in [-0.15, -0.1) is 0 Å². The van der Waals surface area contributed by atoms with Crippen molar-refractivity contribution in [2.24, 2.45) is 0 Å². The van der Waals surface area contributed by atoms with Gasteiger partial charge in [0.15, 0.2) is 6.29 Å². The monoisotopic (exact) mass is 298 g/mol. The Morgan fingerprint density at radius 3 is 1.00 bits per heavy atom. The summed E-state index contributed by atoms with van der Waals surface area (Å²) in [6.07, 6.45) is -9.88. The lowest BCUT2D eigenvalue weighted by Gasteiger charge is -2.39. The predicted molar refractivity (Wildman–Crippen MR) is 68.8 cm³/mol. The van der Waals surface area contributed by atoms with E-state index >= 15 is 0 Å². The lowest BCUT2D eigenvalue weighted by Crippen LogP contribution is -2.63. The van der Waals surface area contributed by atoms with Gasteiger partial charge in [0, 0.05) is 13.2 Å². The molecule has 0 aromatic rings. The summed E-state index contributed by atoms with van der Waals surface area (Å²) in [7, 11) is 0. The molecule has 0 aromatic heterocycles. The largest absolute Gasteiger partial charge is 0.387 e. The molecule has 20 heavy (non-hydrogen) atoms. The van der Waals surface area contributed by atoms with E-state index in [-0.39, 0.29) is 6.29 Å². The number of hydrogen-bond donors (Lipinski definition) is 6. The predicted octanol–water partition coefficient (Wildman–Crippen LogP) is -2.43. The lowest BCUT2D eigenvalue weighted by atomic mass is 9.85. The highest BCUT2D eigenvalue weighted by Crippen LogP contribution is 2.20. The van der Waals surface area contributed by atoms with E-state index in [4.69, 9.17) is 40.1 Å². The van der Waals surface area contributed by atoms with Gasteiger partial charge in [0.25, 0.3) is 0 Å². The van der Waals surface area contributed by atoms with Gasteiger partial charge in [0.1, 0.15) is 36.6 Å². The number of rotatable bonds is 4. The molecule has 8 heteroatoms. The van der Waals surface area contributed by atoms with Crippen LogP contribution in [-0.2, 0) is 9.47 Å². The number of aliphatic hydroxyl groups excluding tert-OH is 6. The van der Waals surface area contributed by atoms with Crippen molar-refractivity contribution in [1.29, 1.82) is 0 Å². The van der Waals surface area contributed by atoms with Crippen LogP contribution in [0.1, 0.15) is 20.8 Å². The van der Waals surface area contributed by atoms with Gasteiger partial charge in [-0.1, -0.05) is 0 Å². The summed E-state index contributed by atoms with van der Waals surface area (Å²) in [6.45, 7) is 7.25. The maximum atomic E-state index is 8.97. The molecule has 0 amide bonds. The Kier molecular flexibility index (Phi) is 9.43. The van der Waals surface area contributed by atoms with Crippen LogP contribution in [0.15, 0.2) is 0 Å².